The lowest BCUT2D eigenvalue weighted by molar-refractivity contribution is -0.126. The van der Waals surface area contributed by atoms with E-state index in [1.54, 1.807) is 0 Å². The van der Waals surface area contributed by atoms with E-state index in [4.69, 9.17) is 0 Å². The van der Waals surface area contributed by atoms with Gasteiger partial charge in [0.15, 0.2) is 5.78 Å². The molecule has 1 aliphatic rings. The van der Waals surface area contributed by atoms with E-state index >= 15 is 0 Å². The topological polar surface area (TPSA) is 17.1 Å². The molecule has 1 nitrogen and oxygen atoms in total. The van der Waals surface area contributed by atoms with Gasteiger partial charge in [-0.1, -0.05) is 53.8 Å². The maximum Gasteiger partial charge on any atom is 0.165 e. The minimum absolute atomic E-state index is 0.274. The predicted molar refractivity (Wildman–Crippen MR) is 77.6 cm³/mol. The molecule has 0 amide bonds. The summed E-state index contributed by atoms with van der Waals surface area (Å²) in [4.78, 5) is 12.3. The first kappa shape index (κ1) is 13.7. The second kappa shape index (κ2) is 5.30. The second-order valence-corrected chi connectivity index (χ2v) is 5.55. The fraction of sp³-hybridized carbons (Fsp3) is 0.500. The fourth-order valence-electron chi connectivity index (χ4n) is 2.53. The largest absolute Gasteiger partial charge is 0.294 e. The monoisotopic (exact) mass is 330 g/mol. The van der Waals surface area contributed by atoms with Crippen molar-refractivity contribution in [3.63, 3.8) is 0 Å². The first-order valence-corrected chi connectivity index (χ1v) is 6.80. The molecule has 2 atom stereocenters. The molecule has 16 heavy (non-hydrogen) atoms. The molecule has 88 valence electrons. The van der Waals surface area contributed by atoms with Crippen LogP contribution in [0.15, 0.2) is 34.0 Å². The lowest BCUT2D eigenvalue weighted by atomic mass is 9.63. The summed E-state index contributed by atoms with van der Waals surface area (Å²) >= 11 is 2.20. The van der Waals surface area contributed by atoms with Crippen LogP contribution in [0.3, 0.4) is 0 Å². The van der Waals surface area contributed by atoms with Crippen LogP contribution in [0.25, 0.3) is 0 Å². The molecule has 0 aliphatic heterocycles. The molecule has 2 heteroatoms. The Morgan fingerprint density at radius 2 is 2.38 bits per heavy atom. The Kier molecular flexibility index (Phi) is 4.53. The van der Waals surface area contributed by atoms with Crippen LogP contribution < -0.4 is 0 Å². The fourth-order valence-corrected chi connectivity index (χ4v) is 2.78. The number of rotatable bonds is 3. The summed E-state index contributed by atoms with van der Waals surface area (Å²) < 4.78 is 1.99. The molecule has 0 saturated carbocycles. The summed E-state index contributed by atoms with van der Waals surface area (Å²) in [5.74, 6) is 0.553. The van der Waals surface area contributed by atoms with Crippen molar-refractivity contribution in [2.75, 3.05) is 0 Å². The van der Waals surface area contributed by atoms with Gasteiger partial charge >= 0.3 is 0 Å². The average Bonchev–Trinajstić information content (AvgIpc) is 2.23. The Morgan fingerprint density at radius 3 is 2.88 bits per heavy atom. The summed E-state index contributed by atoms with van der Waals surface area (Å²) in [5, 5.41) is 0. The summed E-state index contributed by atoms with van der Waals surface area (Å²) in [6.45, 7) is 10.1. The van der Waals surface area contributed by atoms with E-state index in [1.165, 1.54) is 0 Å². The first-order valence-electron chi connectivity index (χ1n) is 5.55. The number of carbonyl (C=O) groups excluding carboxylic acids is 1. The highest BCUT2D eigenvalue weighted by Gasteiger charge is 2.42. The molecular formula is C14H19IO. The number of ketones is 1. The summed E-state index contributed by atoms with van der Waals surface area (Å²) in [6, 6.07) is 0. The van der Waals surface area contributed by atoms with Crippen molar-refractivity contribution >= 4 is 28.4 Å². The van der Waals surface area contributed by atoms with Gasteiger partial charge in [-0.15, -0.1) is 0 Å². The zero-order valence-corrected chi connectivity index (χ0v) is 12.4. The molecule has 0 heterocycles. The van der Waals surface area contributed by atoms with Gasteiger partial charge in [0, 0.05) is 5.41 Å². The minimum Gasteiger partial charge on any atom is -0.294 e. The first-order chi connectivity index (χ1) is 7.43. The number of Topliss-reactive ketones (excluding diaryl/α,β-unsaturated/α-hetero) is 1. The van der Waals surface area contributed by atoms with Crippen LogP contribution in [0.2, 0.25) is 0 Å². The van der Waals surface area contributed by atoms with Gasteiger partial charge < -0.3 is 0 Å². The van der Waals surface area contributed by atoms with Gasteiger partial charge in [-0.25, -0.2) is 0 Å². The Morgan fingerprint density at radius 1 is 1.75 bits per heavy atom. The molecule has 0 N–H and O–H groups in total. The summed E-state index contributed by atoms with van der Waals surface area (Å²) in [6.07, 6.45) is 5.88. The molecular weight excluding hydrogens is 311 g/mol. The molecule has 0 fully saturated rings. The van der Waals surface area contributed by atoms with Crippen LogP contribution in [0, 0.1) is 11.3 Å². The quantitative estimate of drug-likeness (QED) is 0.552. The van der Waals surface area contributed by atoms with Crippen molar-refractivity contribution in [2.24, 2.45) is 11.3 Å². The Hall–Kier alpha value is -0.380. The predicted octanol–water partition coefficient (Wildman–Crippen LogP) is 4.44. The average molecular weight is 330 g/mol. The molecule has 0 unspecified atom stereocenters. The van der Waals surface area contributed by atoms with Gasteiger partial charge in [-0.2, -0.15) is 0 Å². The van der Waals surface area contributed by atoms with Crippen molar-refractivity contribution in [3.8, 4) is 0 Å². The lowest BCUT2D eigenvalue weighted by Gasteiger charge is -2.39. The van der Waals surface area contributed by atoms with E-state index in [1.807, 2.05) is 17.9 Å². The molecule has 1 aliphatic carbocycles. The molecule has 0 spiro atoms. The van der Waals surface area contributed by atoms with Crippen LogP contribution in [-0.2, 0) is 4.79 Å². The van der Waals surface area contributed by atoms with Crippen molar-refractivity contribution in [1.29, 1.82) is 0 Å². The normalized spacial score (nSPS) is 30.6. The Labute approximate surface area is 112 Å². The Bertz CT molecular complexity index is 365. The summed E-state index contributed by atoms with van der Waals surface area (Å²) in [5.41, 5.74) is 1.72. The number of hydrogen-bond donors (Lipinski definition) is 0. The van der Waals surface area contributed by atoms with Gasteiger partial charge in [0.05, 0.1) is 0 Å². The highest BCUT2D eigenvalue weighted by Crippen LogP contribution is 2.44. The molecule has 0 bridgehead atoms. The number of halogens is 1. The van der Waals surface area contributed by atoms with E-state index in [2.05, 4.69) is 48.2 Å². The number of hydrogen-bond acceptors (Lipinski definition) is 1. The van der Waals surface area contributed by atoms with E-state index < -0.39 is 0 Å². The van der Waals surface area contributed by atoms with E-state index in [0.717, 1.165) is 24.0 Å². The summed E-state index contributed by atoms with van der Waals surface area (Å²) in [7, 11) is 0. The number of carbonyl (C=O) groups is 1. The van der Waals surface area contributed by atoms with Crippen LogP contribution in [-0.4, -0.2) is 5.78 Å². The van der Waals surface area contributed by atoms with Crippen LogP contribution in [0.1, 0.15) is 33.6 Å². The SMILES string of the molecule is C=C(C)[C@H]1CC=C(C)C(=O)[C@@]1(C)C/C=C/I. The van der Waals surface area contributed by atoms with Crippen LogP contribution in [0.4, 0.5) is 0 Å². The third-order valence-electron chi connectivity index (χ3n) is 3.53. The molecule has 1 rings (SSSR count). The van der Waals surface area contributed by atoms with E-state index in [0.29, 0.717) is 0 Å². The van der Waals surface area contributed by atoms with Gasteiger partial charge in [0.2, 0.25) is 0 Å². The van der Waals surface area contributed by atoms with E-state index in [9.17, 15) is 4.79 Å². The third kappa shape index (κ3) is 2.47. The van der Waals surface area contributed by atoms with Gasteiger partial charge in [0.1, 0.15) is 0 Å². The van der Waals surface area contributed by atoms with E-state index in [-0.39, 0.29) is 17.1 Å². The van der Waals surface area contributed by atoms with Gasteiger partial charge in [-0.05, 0) is 42.3 Å². The molecule has 0 aromatic heterocycles. The standard InChI is InChI=1S/C14H19IO/c1-10(2)12-7-6-11(3)13(16)14(12,4)8-5-9-15/h5-6,9,12H,1,7-8H2,2-4H3/b9-5+/t12-,14+/m1/s1. The molecule has 0 radical (unpaired) electrons. The minimum atomic E-state index is -0.299. The van der Waals surface area contributed by atoms with Crippen molar-refractivity contribution in [3.05, 3.63) is 34.0 Å². The molecule has 0 aromatic carbocycles. The van der Waals surface area contributed by atoms with Gasteiger partial charge in [0.25, 0.3) is 0 Å². The smallest absolute Gasteiger partial charge is 0.165 e. The second-order valence-electron chi connectivity index (χ2n) is 4.83. The van der Waals surface area contributed by atoms with Crippen molar-refractivity contribution in [2.45, 2.75) is 33.6 Å². The third-order valence-corrected chi connectivity index (χ3v) is 4.04. The van der Waals surface area contributed by atoms with Gasteiger partial charge in [-0.3, -0.25) is 4.79 Å². The maximum absolute atomic E-state index is 12.3. The van der Waals surface area contributed by atoms with Crippen LogP contribution in [0.5, 0.6) is 0 Å². The highest BCUT2D eigenvalue weighted by atomic mass is 127. The lowest BCUT2D eigenvalue weighted by Crippen LogP contribution is -2.39. The molecule has 0 aromatic rings. The Balaban J connectivity index is 3.11. The zero-order valence-electron chi connectivity index (χ0n) is 10.2. The van der Waals surface area contributed by atoms with Crippen molar-refractivity contribution < 1.29 is 4.79 Å². The zero-order chi connectivity index (χ0) is 12.3. The number of allylic oxidation sites excluding steroid dienone is 4. The molecule has 0 saturated heterocycles. The van der Waals surface area contributed by atoms with Crippen molar-refractivity contribution in [1.82, 2.24) is 0 Å². The maximum atomic E-state index is 12.3. The highest BCUT2D eigenvalue weighted by molar-refractivity contribution is 14.1. The van der Waals surface area contributed by atoms with Crippen LogP contribution >= 0.6 is 22.6 Å².